The van der Waals surface area contributed by atoms with Crippen LogP contribution in [0.1, 0.15) is 25.3 Å². The van der Waals surface area contributed by atoms with Crippen molar-refractivity contribution in [3.63, 3.8) is 0 Å². The van der Waals surface area contributed by atoms with Gasteiger partial charge in [0.1, 0.15) is 5.75 Å². The van der Waals surface area contributed by atoms with Crippen LogP contribution in [0.3, 0.4) is 0 Å². The third kappa shape index (κ3) is 3.58. The highest BCUT2D eigenvalue weighted by Gasteiger charge is 2.24. The number of fused-ring (bicyclic) bond motifs is 1. The van der Waals surface area contributed by atoms with Gasteiger partial charge in [0.25, 0.3) is 5.91 Å². The van der Waals surface area contributed by atoms with Gasteiger partial charge in [0, 0.05) is 18.2 Å². The largest absolute Gasteiger partial charge is 0.483 e. The predicted octanol–water partition coefficient (Wildman–Crippen LogP) is 0.962. The van der Waals surface area contributed by atoms with Crippen molar-refractivity contribution in [3.8, 4) is 17.2 Å². The summed E-state index contributed by atoms with van der Waals surface area (Å²) in [5, 5.41) is 2.89. The average molecular weight is 292 g/mol. The van der Waals surface area contributed by atoms with Crippen LogP contribution < -0.4 is 25.3 Å². The summed E-state index contributed by atoms with van der Waals surface area (Å²) in [4.78, 5) is 11.7. The number of carbonyl (C=O) groups is 1. The predicted molar refractivity (Wildman–Crippen MR) is 76.6 cm³/mol. The molecule has 114 valence electrons. The van der Waals surface area contributed by atoms with E-state index < -0.39 is 0 Å². The second-order valence-corrected chi connectivity index (χ2v) is 5.63. The minimum Gasteiger partial charge on any atom is -0.483 e. The molecule has 21 heavy (non-hydrogen) atoms. The summed E-state index contributed by atoms with van der Waals surface area (Å²) in [6.45, 7) is 2.13. The van der Waals surface area contributed by atoms with Crippen molar-refractivity contribution in [2.45, 2.75) is 38.3 Å². The molecule has 2 aliphatic rings. The molecule has 3 N–H and O–H groups in total. The summed E-state index contributed by atoms with van der Waals surface area (Å²) >= 11 is 0. The van der Waals surface area contributed by atoms with Gasteiger partial charge in [0.15, 0.2) is 18.1 Å². The number of amides is 1. The second kappa shape index (κ2) is 5.81. The van der Waals surface area contributed by atoms with Crippen LogP contribution in [0.5, 0.6) is 17.2 Å². The summed E-state index contributed by atoms with van der Waals surface area (Å²) in [6, 6.07) is 3.97. The average Bonchev–Trinajstić information content (AvgIpc) is 3.11. The Hall–Kier alpha value is -1.95. The van der Waals surface area contributed by atoms with E-state index in [0.717, 1.165) is 18.4 Å². The molecule has 1 atom stereocenters. The lowest BCUT2D eigenvalue weighted by Gasteiger charge is -2.14. The quantitative estimate of drug-likeness (QED) is 0.816. The fraction of sp³-hybridized carbons (Fsp3) is 0.533. The van der Waals surface area contributed by atoms with Gasteiger partial charge in [-0.1, -0.05) is 0 Å². The molecule has 1 aliphatic heterocycles. The molecular weight excluding hydrogens is 272 g/mol. The van der Waals surface area contributed by atoms with Crippen LogP contribution in [0.25, 0.3) is 0 Å². The normalized spacial score (nSPS) is 17.4. The van der Waals surface area contributed by atoms with Crippen LogP contribution in [0.15, 0.2) is 12.1 Å². The van der Waals surface area contributed by atoms with Gasteiger partial charge < -0.3 is 25.3 Å². The van der Waals surface area contributed by atoms with E-state index in [0.29, 0.717) is 29.7 Å². The highest BCUT2D eigenvalue weighted by Crippen LogP contribution is 2.38. The van der Waals surface area contributed by atoms with Gasteiger partial charge in [-0.25, -0.2) is 0 Å². The van der Waals surface area contributed by atoms with Gasteiger partial charge in [-0.15, -0.1) is 0 Å². The maximum Gasteiger partial charge on any atom is 0.258 e. The number of carbonyl (C=O) groups excluding carboxylic acids is 1. The van der Waals surface area contributed by atoms with Crippen LogP contribution in [-0.4, -0.2) is 31.4 Å². The molecular formula is C15H20N2O4. The van der Waals surface area contributed by atoms with Crippen molar-refractivity contribution in [3.05, 3.63) is 17.7 Å². The molecule has 0 bridgehead atoms. The minimum atomic E-state index is -0.0955. The first kappa shape index (κ1) is 14.0. The van der Waals surface area contributed by atoms with Gasteiger partial charge >= 0.3 is 0 Å². The van der Waals surface area contributed by atoms with Crippen molar-refractivity contribution < 1.29 is 19.0 Å². The van der Waals surface area contributed by atoms with Crippen molar-refractivity contribution in [1.82, 2.24) is 5.32 Å². The monoisotopic (exact) mass is 292 g/mol. The molecule has 1 unspecified atom stereocenters. The molecule has 1 saturated carbocycles. The van der Waals surface area contributed by atoms with E-state index in [9.17, 15) is 4.79 Å². The molecule has 6 nitrogen and oxygen atoms in total. The van der Waals surface area contributed by atoms with Crippen LogP contribution in [0, 0.1) is 0 Å². The van der Waals surface area contributed by atoms with Crippen LogP contribution in [-0.2, 0) is 11.2 Å². The molecule has 0 aromatic heterocycles. The Bertz CT molecular complexity index is 541. The first-order chi connectivity index (χ1) is 10.1. The first-order valence-corrected chi connectivity index (χ1v) is 7.22. The molecule has 0 spiro atoms. The Labute approximate surface area is 123 Å². The molecule has 6 heteroatoms. The summed E-state index contributed by atoms with van der Waals surface area (Å²) in [7, 11) is 0. The Morgan fingerprint density at radius 2 is 2.14 bits per heavy atom. The molecule has 0 radical (unpaired) electrons. The number of benzene rings is 1. The van der Waals surface area contributed by atoms with Gasteiger partial charge in [-0.3, -0.25) is 4.79 Å². The Balaban J connectivity index is 1.70. The lowest BCUT2D eigenvalue weighted by molar-refractivity contribution is -0.123. The maximum atomic E-state index is 11.7. The number of rotatable bonds is 6. The Morgan fingerprint density at radius 1 is 1.43 bits per heavy atom. The van der Waals surface area contributed by atoms with E-state index in [1.807, 2.05) is 13.0 Å². The molecule has 1 aromatic rings. The van der Waals surface area contributed by atoms with Crippen molar-refractivity contribution in [2.24, 2.45) is 5.73 Å². The molecule has 3 rings (SSSR count). The molecule has 1 fully saturated rings. The standard InChI is InChI=1S/C15H20N2O4/c1-9(16)4-10-5-13-14(21-8-20-13)6-12(10)19-7-15(18)17-11-2-3-11/h5-6,9,11H,2-4,7-8,16H2,1H3,(H,17,18). The van der Waals surface area contributed by atoms with Crippen LogP contribution in [0.4, 0.5) is 0 Å². The van der Waals surface area contributed by atoms with E-state index in [-0.39, 0.29) is 25.3 Å². The summed E-state index contributed by atoms with van der Waals surface area (Å²) < 4.78 is 16.4. The summed E-state index contributed by atoms with van der Waals surface area (Å²) in [5.41, 5.74) is 6.79. The van der Waals surface area contributed by atoms with Crippen LogP contribution in [0.2, 0.25) is 0 Å². The number of nitrogens with one attached hydrogen (secondary N) is 1. The molecule has 1 aromatic carbocycles. The number of hydrogen-bond acceptors (Lipinski definition) is 5. The zero-order valence-electron chi connectivity index (χ0n) is 12.1. The molecule has 1 aliphatic carbocycles. The molecule has 1 heterocycles. The topological polar surface area (TPSA) is 82.8 Å². The number of ether oxygens (including phenoxy) is 3. The zero-order valence-corrected chi connectivity index (χ0v) is 12.1. The number of hydrogen-bond donors (Lipinski definition) is 2. The van der Waals surface area contributed by atoms with Gasteiger partial charge in [0.05, 0.1) is 0 Å². The van der Waals surface area contributed by atoms with E-state index in [2.05, 4.69) is 5.32 Å². The SMILES string of the molecule is CC(N)Cc1cc2c(cc1OCC(=O)NC1CC1)OCO2. The minimum absolute atomic E-state index is 0.00208. The van der Waals surface area contributed by atoms with Crippen molar-refractivity contribution in [2.75, 3.05) is 13.4 Å². The molecule has 0 saturated heterocycles. The highest BCUT2D eigenvalue weighted by molar-refractivity contribution is 5.78. The summed E-state index contributed by atoms with van der Waals surface area (Å²) in [5.74, 6) is 1.87. The molecule has 1 amide bonds. The van der Waals surface area contributed by atoms with E-state index in [4.69, 9.17) is 19.9 Å². The summed E-state index contributed by atoms with van der Waals surface area (Å²) in [6.07, 6.45) is 2.77. The second-order valence-electron chi connectivity index (χ2n) is 5.63. The zero-order chi connectivity index (χ0) is 14.8. The fourth-order valence-electron chi connectivity index (χ4n) is 2.25. The highest BCUT2D eigenvalue weighted by atomic mass is 16.7. The first-order valence-electron chi connectivity index (χ1n) is 7.22. The lowest BCUT2D eigenvalue weighted by Crippen LogP contribution is -2.30. The Kier molecular flexibility index (Phi) is 3.88. The van der Waals surface area contributed by atoms with Crippen molar-refractivity contribution >= 4 is 5.91 Å². The van der Waals surface area contributed by atoms with Crippen molar-refractivity contribution in [1.29, 1.82) is 0 Å². The maximum absolute atomic E-state index is 11.7. The van der Waals surface area contributed by atoms with Gasteiger partial charge in [0.2, 0.25) is 6.79 Å². The lowest BCUT2D eigenvalue weighted by atomic mass is 10.1. The third-order valence-corrected chi connectivity index (χ3v) is 3.40. The van der Waals surface area contributed by atoms with Crippen LogP contribution >= 0.6 is 0 Å². The smallest absolute Gasteiger partial charge is 0.258 e. The van der Waals surface area contributed by atoms with E-state index in [1.54, 1.807) is 6.07 Å². The van der Waals surface area contributed by atoms with E-state index in [1.165, 1.54) is 0 Å². The third-order valence-electron chi connectivity index (χ3n) is 3.40. The van der Waals surface area contributed by atoms with Gasteiger partial charge in [-0.05, 0) is 37.8 Å². The van der Waals surface area contributed by atoms with Gasteiger partial charge in [-0.2, -0.15) is 0 Å². The Morgan fingerprint density at radius 3 is 2.81 bits per heavy atom. The fourth-order valence-corrected chi connectivity index (χ4v) is 2.25. The van der Waals surface area contributed by atoms with E-state index >= 15 is 0 Å². The number of nitrogens with two attached hydrogens (primary N) is 1.